The van der Waals surface area contributed by atoms with E-state index >= 15 is 0 Å². The highest BCUT2D eigenvalue weighted by Gasteiger charge is 2.20. The number of aryl methyl sites for hydroxylation is 1. The second-order valence-corrected chi connectivity index (χ2v) is 5.26. The fourth-order valence-electron chi connectivity index (χ4n) is 1.89. The van der Waals surface area contributed by atoms with Crippen LogP contribution in [-0.4, -0.2) is 52.3 Å². The van der Waals surface area contributed by atoms with Gasteiger partial charge in [-0.2, -0.15) is 0 Å². The molecule has 1 aromatic heterocycles. The molecule has 0 aliphatic carbocycles. The molecule has 1 atom stereocenters. The van der Waals surface area contributed by atoms with E-state index in [1.807, 2.05) is 38.0 Å². The maximum Gasteiger partial charge on any atom is 0.122 e. The lowest BCUT2D eigenvalue weighted by molar-refractivity contribution is 0.165. The second-order valence-electron chi connectivity index (χ2n) is 5.26. The Kier molecular flexibility index (Phi) is 5.78. The highest BCUT2D eigenvalue weighted by molar-refractivity contribution is 4.90. The molecule has 0 aliphatic rings. The van der Waals surface area contributed by atoms with Crippen molar-refractivity contribution in [2.24, 2.45) is 7.05 Å². The molecule has 0 amide bonds. The Bertz CT molecular complexity index is 347. The van der Waals surface area contributed by atoms with E-state index in [2.05, 4.69) is 22.2 Å². The van der Waals surface area contributed by atoms with Crippen molar-refractivity contribution in [3.63, 3.8) is 0 Å². The van der Waals surface area contributed by atoms with Gasteiger partial charge in [0.1, 0.15) is 5.82 Å². The van der Waals surface area contributed by atoms with Gasteiger partial charge in [0.2, 0.25) is 0 Å². The van der Waals surface area contributed by atoms with Gasteiger partial charge >= 0.3 is 0 Å². The molecular formula is C13H26N4O. The van der Waals surface area contributed by atoms with Crippen molar-refractivity contribution in [3.8, 4) is 0 Å². The SMILES string of the molecule is CNC(C)(CO)CCCN(C)Cc1nccn1C. The molecular weight excluding hydrogens is 228 g/mol. The molecule has 104 valence electrons. The third kappa shape index (κ3) is 4.40. The molecule has 0 spiro atoms. The number of hydrogen-bond acceptors (Lipinski definition) is 4. The quantitative estimate of drug-likeness (QED) is 0.713. The number of aliphatic hydroxyl groups is 1. The van der Waals surface area contributed by atoms with Crippen molar-refractivity contribution in [3.05, 3.63) is 18.2 Å². The van der Waals surface area contributed by atoms with Gasteiger partial charge in [0.25, 0.3) is 0 Å². The zero-order valence-corrected chi connectivity index (χ0v) is 12.0. The lowest BCUT2D eigenvalue weighted by Gasteiger charge is -2.27. The standard InChI is InChI=1S/C13H26N4O/c1-13(11-18,14-2)6-5-8-16(3)10-12-15-7-9-17(12)4/h7,9,14,18H,5-6,8,10-11H2,1-4H3. The number of hydrogen-bond donors (Lipinski definition) is 2. The van der Waals surface area contributed by atoms with Crippen molar-refractivity contribution in [2.75, 3.05) is 27.2 Å². The Morgan fingerprint density at radius 1 is 1.56 bits per heavy atom. The van der Waals surface area contributed by atoms with Gasteiger partial charge in [-0.25, -0.2) is 4.98 Å². The molecule has 1 unspecified atom stereocenters. The van der Waals surface area contributed by atoms with E-state index in [0.29, 0.717) is 0 Å². The van der Waals surface area contributed by atoms with Crippen LogP contribution in [0.4, 0.5) is 0 Å². The van der Waals surface area contributed by atoms with E-state index in [1.165, 1.54) is 0 Å². The van der Waals surface area contributed by atoms with Crippen LogP contribution in [-0.2, 0) is 13.6 Å². The van der Waals surface area contributed by atoms with Gasteiger partial charge in [0, 0.05) is 25.0 Å². The third-order valence-electron chi connectivity index (χ3n) is 3.55. The van der Waals surface area contributed by atoms with Crippen LogP contribution < -0.4 is 5.32 Å². The average Bonchev–Trinajstić information content (AvgIpc) is 2.75. The number of nitrogens with one attached hydrogen (secondary N) is 1. The number of aromatic nitrogens is 2. The predicted molar refractivity (Wildman–Crippen MR) is 73.3 cm³/mol. The van der Waals surface area contributed by atoms with Crippen molar-refractivity contribution >= 4 is 0 Å². The van der Waals surface area contributed by atoms with Gasteiger partial charge < -0.3 is 15.0 Å². The highest BCUT2D eigenvalue weighted by Crippen LogP contribution is 2.11. The Balaban J connectivity index is 2.29. The molecule has 5 heteroatoms. The Morgan fingerprint density at radius 3 is 2.78 bits per heavy atom. The number of rotatable bonds is 8. The van der Waals surface area contributed by atoms with Crippen molar-refractivity contribution in [1.82, 2.24) is 19.8 Å². The summed E-state index contributed by atoms with van der Waals surface area (Å²) in [6.45, 7) is 4.08. The van der Waals surface area contributed by atoms with E-state index in [1.54, 1.807) is 0 Å². The van der Waals surface area contributed by atoms with Crippen molar-refractivity contribution < 1.29 is 5.11 Å². The van der Waals surface area contributed by atoms with Gasteiger partial charge in [-0.05, 0) is 40.4 Å². The van der Waals surface area contributed by atoms with E-state index in [0.717, 1.165) is 31.8 Å². The van der Waals surface area contributed by atoms with Crippen LogP contribution in [0.5, 0.6) is 0 Å². The van der Waals surface area contributed by atoms with Crippen LogP contribution in [0.15, 0.2) is 12.4 Å². The molecule has 0 bridgehead atoms. The molecule has 0 aliphatic heterocycles. The fraction of sp³-hybridized carbons (Fsp3) is 0.769. The minimum atomic E-state index is -0.163. The zero-order chi connectivity index (χ0) is 13.6. The summed E-state index contributed by atoms with van der Waals surface area (Å²) in [5.74, 6) is 1.08. The molecule has 0 aromatic carbocycles. The van der Waals surface area contributed by atoms with E-state index in [4.69, 9.17) is 0 Å². The summed E-state index contributed by atoms with van der Waals surface area (Å²) in [6, 6.07) is 0. The Morgan fingerprint density at radius 2 is 2.28 bits per heavy atom. The average molecular weight is 254 g/mol. The molecule has 1 heterocycles. The van der Waals surface area contributed by atoms with Crippen LogP contribution in [0, 0.1) is 0 Å². The first-order valence-corrected chi connectivity index (χ1v) is 6.45. The van der Waals surface area contributed by atoms with Crippen LogP contribution in [0.1, 0.15) is 25.6 Å². The summed E-state index contributed by atoms with van der Waals surface area (Å²) in [5.41, 5.74) is -0.163. The van der Waals surface area contributed by atoms with E-state index in [-0.39, 0.29) is 12.1 Å². The first kappa shape index (κ1) is 15.1. The van der Waals surface area contributed by atoms with Gasteiger partial charge in [0.15, 0.2) is 0 Å². The summed E-state index contributed by atoms with van der Waals surface area (Å²) >= 11 is 0. The van der Waals surface area contributed by atoms with E-state index < -0.39 is 0 Å². The maximum atomic E-state index is 9.30. The number of aliphatic hydroxyl groups excluding tert-OH is 1. The zero-order valence-electron chi connectivity index (χ0n) is 12.0. The molecule has 2 N–H and O–H groups in total. The monoisotopic (exact) mass is 254 g/mol. The van der Waals surface area contributed by atoms with Crippen LogP contribution in [0.2, 0.25) is 0 Å². The Hall–Kier alpha value is -0.910. The number of imidazole rings is 1. The predicted octanol–water partition coefficient (Wildman–Crippen LogP) is 0.602. The maximum absolute atomic E-state index is 9.30. The molecule has 1 rings (SSSR count). The molecule has 0 fully saturated rings. The minimum Gasteiger partial charge on any atom is -0.394 e. The summed E-state index contributed by atoms with van der Waals surface area (Å²) < 4.78 is 2.04. The third-order valence-corrected chi connectivity index (χ3v) is 3.55. The minimum absolute atomic E-state index is 0.163. The molecule has 1 aromatic rings. The highest BCUT2D eigenvalue weighted by atomic mass is 16.3. The summed E-state index contributed by atoms with van der Waals surface area (Å²) in [5, 5.41) is 12.5. The van der Waals surface area contributed by atoms with Crippen LogP contribution in [0.3, 0.4) is 0 Å². The van der Waals surface area contributed by atoms with Crippen molar-refractivity contribution in [1.29, 1.82) is 0 Å². The summed E-state index contributed by atoms with van der Waals surface area (Å²) in [4.78, 5) is 6.57. The van der Waals surface area contributed by atoms with Gasteiger partial charge in [-0.15, -0.1) is 0 Å². The Labute approximate surface area is 110 Å². The lowest BCUT2D eigenvalue weighted by Crippen LogP contribution is -2.43. The van der Waals surface area contributed by atoms with Gasteiger partial charge in [0.05, 0.1) is 13.2 Å². The first-order chi connectivity index (χ1) is 8.50. The van der Waals surface area contributed by atoms with Gasteiger partial charge in [-0.1, -0.05) is 0 Å². The van der Waals surface area contributed by atoms with Crippen molar-refractivity contribution in [2.45, 2.75) is 31.8 Å². The fourth-order valence-corrected chi connectivity index (χ4v) is 1.89. The molecule has 0 saturated heterocycles. The molecule has 0 saturated carbocycles. The number of nitrogens with zero attached hydrogens (tertiary/aromatic N) is 3. The molecule has 0 radical (unpaired) electrons. The summed E-state index contributed by atoms with van der Waals surface area (Å²) in [6.07, 6.45) is 5.81. The summed E-state index contributed by atoms with van der Waals surface area (Å²) in [7, 11) is 6.01. The molecule has 18 heavy (non-hydrogen) atoms. The van der Waals surface area contributed by atoms with E-state index in [9.17, 15) is 5.11 Å². The van der Waals surface area contributed by atoms with Gasteiger partial charge in [-0.3, -0.25) is 4.90 Å². The smallest absolute Gasteiger partial charge is 0.122 e. The van der Waals surface area contributed by atoms with Crippen LogP contribution in [0.25, 0.3) is 0 Å². The lowest BCUT2D eigenvalue weighted by atomic mass is 9.97. The molecule has 5 nitrogen and oxygen atoms in total. The largest absolute Gasteiger partial charge is 0.394 e. The first-order valence-electron chi connectivity index (χ1n) is 6.45. The topological polar surface area (TPSA) is 53.3 Å². The normalized spacial score (nSPS) is 15.0. The van der Waals surface area contributed by atoms with Crippen LogP contribution >= 0.6 is 0 Å². The second kappa shape index (κ2) is 6.87. The number of likely N-dealkylation sites (N-methyl/N-ethyl adjacent to an activating group) is 1.